The van der Waals surface area contributed by atoms with Gasteiger partial charge in [-0.1, -0.05) is 6.07 Å². The van der Waals surface area contributed by atoms with Crippen LogP contribution in [0.2, 0.25) is 0 Å². The van der Waals surface area contributed by atoms with Crippen molar-refractivity contribution in [2.24, 2.45) is 5.92 Å². The minimum Gasteiger partial charge on any atom is -0.338 e. The largest absolute Gasteiger partial charge is 0.338 e. The molecule has 0 unspecified atom stereocenters. The second kappa shape index (κ2) is 6.46. The van der Waals surface area contributed by atoms with E-state index in [4.69, 9.17) is 0 Å². The molecule has 1 amide bonds. The summed E-state index contributed by atoms with van der Waals surface area (Å²) in [6, 6.07) is 11.3. The highest BCUT2D eigenvalue weighted by atomic mass is 32.1. The fraction of sp³-hybridized carbons (Fsp3) is 0.286. The quantitative estimate of drug-likeness (QED) is 0.689. The van der Waals surface area contributed by atoms with Crippen LogP contribution in [-0.2, 0) is 6.54 Å². The zero-order chi connectivity index (χ0) is 18.4. The lowest BCUT2D eigenvalue weighted by Gasteiger charge is -2.43. The standard InChI is InChI=1S/C21H19N3O2S/c25-19-4-3-17(18-2-1-9-27-18)20-16-10-14(12-24(19)20)11-23(13-16)21(26)15-5-7-22-8-6-15/h1-9,14,16H,10-13H2/t14-,16+/m0/s1. The Balaban J connectivity index is 1.54. The summed E-state index contributed by atoms with van der Waals surface area (Å²) >= 11 is 1.69. The first-order valence-electron chi connectivity index (χ1n) is 9.17. The molecule has 3 aromatic rings. The van der Waals surface area contributed by atoms with Gasteiger partial charge in [0.2, 0.25) is 0 Å². The maximum absolute atomic E-state index is 13.0. The van der Waals surface area contributed by atoms with Gasteiger partial charge in [0.05, 0.1) is 0 Å². The number of amides is 1. The number of hydrogen-bond acceptors (Lipinski definition) is 4. The highest BCUT2D eigenvalue weighted by Crippen LogP contribution is 2.41. The van der Waals surface area contributed by atoms with Crippen molar-refractivity contribution in [2.45, 2.75) is 18.9 Å². The molecule has 2 aliphatic heterocycles. The molecule has 0 aliphatic carbocycles. The number of piperidine rings is 1. The molecule has 2 bridgehead atoms. The van der Waals surface area contributed by atoms with E-state index in [-0.39, 0.29) is 17.4 Å². The molecule has 5 rings (SSSR count). The fourth-order valence-corrected chi connectivity index (χ4v) is 5.26. The Bertz CT molecular complexity index is 1040. The van der Waals surface area contributed by atoms with Crippen LogP contribution in [0.1, 0.15) is 28.4 Å². The minimum absolute atomic E-state index is 0.0523. The molecule has 3 aromatic heterocycles. The summed E-state index contributed by atoms with van der Waals surface area (Å²) in [4.78, 5) is 32.6. The van der Waals surface area contributed by atoms with Crippen molar-refractivity contribution in [3.05, 3.63) is 75.8 Å². The highest BCUT2D eigenvalue weighted by Gasteiger charge is 2.38. The summed E-state index contributed by atoms with van der Waals surface area (Å²) < 4.78 is 1.95. The van der Waals surface area contributed by atoms with Gasteiger partial charge in [0, 0.05) is 65.7 Å². The smallest absolute Gasteiger partial charge is 0.253 e. The zero-order valence-corrected chi connectivity index (χ0v) is 15.6. The Hall–Kier alpha value is -2.73. The molecule has 0 N–H and O–H groups in total. The number of hydrogen-bond donors (Lipinski definition) is 0. The van der Waals surface area contributed by atoms with Crippen molar-refractivity contribution in [1.29, 1.82) is 0 Å². The van der Waals surface area contributed by atoms with E-state index in [0.29, 0.717) is 31.1 Å². The van der Waals surface area contributed by atoms with E-state index in [9.17, 15) is 9.59 Å². The van der Waals surface area contributed by atoms with Crippen LogP contribution in [-0.4, -0.2) is 33.4 Å². The molecule has 136 valence electrons. The third-order valence-corrected chi connectivity index (χ3v) is 6.49. The molecule has 27 heavy (non-hydrogen) atoms. The van der Waals surface area contributed by atoms with Gasteiger partial charge in [0.1, 0.15) is 0 Å². The third-order valence-electron chi connectivity index (χ3n) is 5.59. The van der Waals surface area contributed by atoms with Crippen LogP contribution in [0.4, 0.5) is 0 Å². The van der Waals surface area contributed by atoms with Crippen molar-refractivity contribution in [2.75, 3.05) is 13.1 Å². The van der Waals surface area contributed by atoms with Crippen molar-refractivity contribution in [3.8, 4) is 10.4 Å². The molecule has 5 heterocycles. The molecule has 0 spiro atoms. The number of rotatable bonds is 2. The predicted octanol–water partition coefficient (Wildman–Crippen LogP) is 3.23. The van der Waals surface area contributed by atoms with Crippen LogP contribution in [0.15, 0.2) is 59.0 Å². The van der Waals surface area contributed by atoms with E-state index >= 15 is 0 Å². The van der Waals surface area contributed by atoms with Gasteiger partial charge in [-0.25, -0.2) is 0 Å². The Kier molecular flexibility index (Phi) is 3.93. The Labute approximate surface area is 160 Å². The lowest BCUT2D eigenvalue weighted by atomic mass is 9.81. The second-order valence-electron chi connectivity index (χ2n) is 7.30. The first-order chi connectivity index (χ1) is 13.2. The van der Waals surface area contributed by atoms with Crippen molar-refractivity contribution in [1.82, 2.24) is 14.5 Å². The predicted molar refractivity (Wildman–Crippen MR) is 105 cm³/mol. The first kappa shape index (κ1) is 16.4. The van der Waals surface area contributed by atoms with Crippen LogP contribution >= 0.6 is 11.3 Å². The summed E-state index contributed by atoms with van der Waals surface area (Å²) in [6.07, 6.45) is 4.34. The van der Waals surface area contributed by atoms with Crippen LogP contribution in [0.25, 0.3) is 10.4 Å². The average molecular weight is 377 g/mol. The minimum atomic E-state index is 0.0523. The lowest BCUT2D eigenvalue weighted by Crippen LogP contribution is -2.49. The molecular weight excluding hydrogens is 358 g/mol. The topological polar surface area (TPSA) is 55.2 Å². The van der Waals surface area contributed by atoms with E-state index in [0.717, 1.165) is 17.7 Å². The molecule has 5 nitrogen and oxygen atoms in total. The Morgan fingerprint density at radius 1 is 1.07 bits per heavy atom. The van der Waals surface area contributed by atoms with Gasteiger partial charge < -0.3 is 9.47 Å². The Morgan fingerprint density at radius 2 is 1.93 bits per heavy atom. The van der Waals surface area contributed by atoms with Crippen LogP contribution < -0.4 is 5.56 Å². The average Bonchev–Trinajstić information content (AvgIpc) is 3.23. The molecule has 0 aromatic carbocycles. The molecule has 0 saturated carbocycles. The molecule has 1 saturated heterocycles. The van der Waals surface area contributed by atoms with Gasteiger partial charge in [-0.2, -0.15) is 0 Å². The van der Waals surface area contributed by atoms with E-state index in [1.165, 1.54) is 4.88 Å². The number of nitrogens with zero attached hydrogens (tertiary/aromatic N) is 3. The fourth-order valence-electron chi connectivity index (χ4n) is 4.50. The number of carbonyl (C=O) groups excluding carboxylic acids is 1. The number of thiophene rings is 1. The van der Waals surface area contributed by atoms with Gasteiger partial charge in [-0.3, -0.25) is 14.6 Å². The summed E-state index contributed by atoms with van der Waals surface area (Å²) in [5.41, 5.74) is 2.96. The zero-order valence-electron chi connectivity index (χ0n) is 14.7. The van der Waals surface area contributed by atoms with Gasteiger partial charge in [0.15, 0.2) is 0 Å². The molecule has 1 fully saturated rings. The number of pyridine rings is 2. The van der Waals surface area contributed by atoms with Crippen molar-refractivity contribution in [3.63, 3.8) is 0 Å². The molecule has 0 radical (unpaired) electrons. The summed E-state index contributed by atoms with van der Waals surface area (Å²) in [5.74, 6) is 0.559. The number of aromatic nitrogens is 2. The maximum atomic E-state index is 13.0. The Morgan fingerprint density at radius 3 is 2.70 bits per heavy atom. The molecule has 2 aliphatic rings. The van der Waals surface area contributed by atoms with Gasteiger partial charge in [-0.05, 0) is 42.0 Å². The maximum Gasteiger partial charge on any atom is 0.253 e. The summed E-state index contributed by atoms with van der Waals surface area (Å²) in [6.45, 7) is 2.04. The molecule has 6 heteroatoms. The number of fused-ring (bicyclic) bond motifs is 4. The molecular formula is C21H19N3O2S. The van der Waals surface area contributed by atoms with Gasteiger partial charge in [-0.15, -0.1) is 11.3 Å². The SMILES string of the molecule is O=C(c1ccncc1)N1C[C@@H]2C[C@H](C1)c1c(-c3cccs3)ccc(=O)n1C2. The van der Waals surface area contributed by atoms with E-state index in [1.54, 1.807) is 41.9 Å². The lowest BCUT2D eigenvalue weighted by molar-refractivity contribution is 0.0595. The van der Waals surface area contributed by atoms with Crippen LogP contribution in [0.3, 0.4) is 0 Å². The van der Waals surface area contributed by atoms with E-state index in [2.05, 4.69) is 16.4 Å². The summed E-state index contributed by atoms with van der Waals surface area (Å²) in [7, 11) is 0. The second-order valence-corrected chi connectivity index (χ2v) is 8.25. The normalized spacial score (nSPS) is 21.0. The number of carbonyl (C=O) groups is 1. The third kappa shape index (κ3) is 2.80. The van der Waals surface area contributed by atoms with Crippen LogP contribution in [0.5, 0.6) is 0 Å². The monoisotopic (exact) mass is 377 g/mol. The van der Waals surface area contributed by atoms with Gasteiger partial charge in [0.25, 0.3) is 11.5 Å². The van der Waals surface area contributed by atoms with Crippen LogP contribution in [0, 0.1) is 5.92 Å². The van der Waals surface area contributed by atoms with Crippen molar-refractivity contribution >= 4 is 17.2 Å². The van der Waals surface area contributed by atoms with Crippen molar-refractivity contribution < 1.29 is 4.79 Å². The van der Waals surface area contributed by atoms with Gasteiger partial charge >= 0.3 is 0 Å². The highest BCUT2D eigenvalue weighted by molar-refractivity contribution is 7.13. The molecule has 2 atom stereocenters. The van der Waals surface area contributed by atoms with E-state index < -0.39 is 0 Å². The first-order valence-corrected chi connectivity index (χ1v) is 10.1. The number of likely N-dealkylation sites (tertiary alicyclic amines) is 1. The summed E-state index contributed by atoms with van der Waals surface area (Å²) in [5, 5.41) is 2.06. The van der Waals surface area contributed by atoms with E-state index in [1.807, 2.05) is 21.6 Å².